The van der Waals surface area contributed by atoms with Crippen LogP contribution in [0.1, 0.15) is 5.69 Å². The summed E-state index contributed by atoms with van der Waals surface area (Å²) in [5.74, 6) is -0.242. The maximum atomic E-state index is 13.0. The molecule has 1 amide bonds. The van der Waals surface area contributed by atoms with E-state index in [-0.39, 0.29) is 11.6 Å². The molecule has 1 saturated heterocycles. The van der Waals surface area contributed by atoms with Crippen LogP contribution in [0.2, 0.25) is 5.02 Å². The van der Waals surface area contributed by atoms with Crippen molar-refractivity contribution in [2.75, 3.05) is 4.90 Å². The number of non-ortho nitro benzene ring substituents is 1. The van der Waals surface area contributed by atoms with Crippen LogP contribution in [0.15, 0.2) is 71.8 Å². The lowest BCUT2D eigenvalue weighted by Gasteiger charge is -2.14. The number of thiocarbonyl (C=S) groups is 1. The third-order valence-electron chi connectivity index (χ3n) is 4.24. The molecular weight excluding hydrogens is 430 g/mol. The number of rotatable bonds is 4. The van der Waals surface area contributed by atoms with Gasteiger partial charge in [0.05, 0.1) is 21.2 Å². The van der Waals surface area contributed by atoms with Crippen LogP contribution in [-0.4, -0.2) is 19.7 Å². The number of halogens is 1. The molecule has 0 atom stereocenters. The monoisotopic (exact) mass is 441 g/mol. The van der Waals surface area contributed by atoms with E-state index in [2.05, 4.69) is 0 Å². The zero-order chi connectivity index (χ0) is 20.5. The lowest BCUT2D eigenvalue weighted by Crippen LogP contribution is -2.27. The second kappa shape index (κ2) is 7.82. The highest BCUT2D eigenvalue weighted by molar-refractivity contribution is 8.27. The summed E-state index contributed by atoms with van der Waals surface area (Å²) in [6, 6.07) is 16.9. The molecule has 0 aliphatic carbocycles. The van der Waals surface area contributed by atoms with Crippen molar-refractivity contribution in [3.05, 3.63) is 92.6 Å². The van der Waals surface area contributed by atoms with Crippen LogP contribution in [-0.2, 0) is 4.79 Å². The smallest absolute Gasteiger partial charge is 0.271 e. The zero-order valence-electron chi connectivity index (χ0n) is 14.7. The van der Waals surface area contributed by atoms with Crippen molar-refractivity contribution in [1.29, 1.82) is 0 Å². The fraction of sp³-hybridized carbons (Fsp3) is 0. The van der Waals surface area contributed by atoms with Gasteiger partial charge in [0.2, 0.25) is 0 Å². The average Bonchev–Trinajstić information content (AvgIpc) is 3.26. The number of nitro benzene ring substituents is 1. The Kier molecular flexibility index (Phi) is 5.23. The number of amides is 1. The van der Waals surface area contributed by atoms with Gasteiger partial charge in [-0.1, -0.05) is 47.7 Å². The Morgan fingerprint density at radius 1 is 1.07 bits per heavy atom. The number of aromatic nitrogens is 1. The van der Waals surface area contributed by atoms with Crippen molar-refractivity contribution in [3.63, 3.8) is 0 Å². The molecule has 1 aliphatic rings. The van der Waals surface area contributed by atoms with Crippen LogP contribution < -0.4 is 4.90 Å². The quantitative estimate of drug-likeness (QED) is 0.233. The topological polar surface area (TPSA) is 68.4 Å². The van der Waals surface area contributed by atoms with Gasteiger partial charge in [-0.15, -0.1) is 0 Å². The van der Waals surface area contributed by atoms with Gasteiger partial charge in [-0.2, -0.15) is 0 Å². The summed E-state index contributed by atoms with van der Waals surface area (Å²) >= 11 is 12.6. The van der Waals surface area contributed by atoms with E-state index in [1.54, 1.807) is 53.2 Å². The second-order valence-electron chi connectivity index (χ2n) is 6.08. The van der Waals surface area contributed by atoms with Gasteiger partial charge in [-0.3, -0.25) is 19.8 Å². The summed E-state index contributed by atoms with van der Waals surface area (Å²) < 4.78 is 2.19. The minimum absolute atomic E-state index is 0.00516. The lowest BCUT2D eigenvalue weighted by atomic mass is 10.2. The molecular formula is C20H12ClN3O3S2. The first-order chi connectivity index (χ1) is 13.9. The number of nitro groups is 1. The van der Waals surface area contributed by atoms with Gasteiger partial charge >= 0.3 is 0 Å². The molecule has 0 bridgehead atoms. The van der Waals surface area contributed by atoms with Crippen LogP contribution in [0.3, 0.4) is 0 Å². The number of benzene rings is 2. The summed E-state index contributed by atoms with van der Waals surface area (Å²) in [4.78, 5) is 25.5. The van der Waals surface area contributed by atoms with E-state index < -0.39 is 4.92 Å². The van der Waals surface area contributed by atoms with Gasteiger partial charge in [0, 0.05) is 29.0 Å². The Morgan fingerprint density at radius 3 is 2.59 bits per heavy atom. The number of hydrogen-bond donors (Lipinski definition) is 0. The fourth-order valence-electron chi connectivity index (χ4n) is 2.94. The minimum atomic E-state index is -0.442. The first-order valence-electron chi connectivity index (χ1n) is 8.40. The van der Waals surface area contributed by atoms with Gasteiger partial charge in [-0.05, 0) is 42.5 Å². The van der Waals surface area contributed by atoms with E-state index in [0.717, 1.165) is 0 Å². The lowest BCUT2D eigenvalue weighted by molar-refractivity contribution is -0.384. The molecule has 6 nitrogen and oxygen atoms in total. The molecule has 2 aromatic carbocycles. The largest absolute Gasteiger partial charge is 0.317 e. The number of thioether (sulfide) groups is 1. The van der Waals surface area contributed by atoms with Gasteiger partial charge in [-0.25, -0.2) is 0 Å². The minimum Gasteiger partial charge on any atom is -0.317 e. The standard InChI is InChI=1S/C20H12ClN3O3S2/c21-13-4-1-6-16(10-13)23-19(25)18(29-20(23)28)12-15-8-3-9-22(15)14-5-2-7-17(11-14)24(26)27/h1-12H/b18-12+. The summed E-state index contributed by atoms with van der Waals surface area (Å²) in [7, 11) is 0. The predicted octanol–water partition coefficient (Wildman–Crippen LogP) is 5.44. The average molecular weight is 442 g/mol. The fourth-order valence-corrected chi connectivity index (χ4v) is 4.41. The van der Waals surface area contributed by atoms with Crippen molar-refractivity contribution in [2.45, 2.75) is 0 Å². The predicted molar refractivity (Wildman–Crippen MR) is 120 cm³/mol. The van der Waals surface area contributed by atoms with Crippen LogP contribution in [0, 0.1) is 10.1 Å². The molecule has 0 saturated carbocycles. The van der Waals surface area contributed by atoms with Crippen molar-refractivity contribution >= 4 is 63.3 Å². The molecule has 9 heteroatoms. The number of nitrogens with zero attached hydrogens (tertiary/aromatic N) is 3. The number of hydrogen-bond acceptors (Lipinski definition) is 5. The molecule has 4 rings (SSSR count). The molecule has 0 spiro atoms. The Morgan fingerprint density at radius 2 is 1.83 bits per heavy atom. The summed E-state index contributed by atoms with van der Waals surface area (Å²) in [5, 5.41) is 11.6. The van der Waals surface area contributed by atoms with Crippen LogP contribution in [0.25, 0.3) is 11.8 Å². The van der Waals surface area contributed by atoms with E-state index in [9.17, 15) is 14.9 Å². The SMILES string of the molecule is O=C1/C(=C\c2cccn2-c2cccc([N+](=O)[O-])c2)SC(=S)N1c1cccc(Cl)c1. The van der Waals surface area contributed by atoms with E-state index >= 15 is 0 Å². The molecule has 3 aromatic rings. The first-order valence-corrected chi connectivity index (χ1v) is 10.00. The molecule has 0 N–H and O–H groups in total. The Hall–Kier alpha value is -2.94. The van der Waals surface area contributed by atoms with Gasteiger partial charge < -0.3 is 4.57 Å². The second-order valence-corrected chi connectivity index (χ2v) is 8.19. The third kappa shape index (κ3) is 3.82. The third-order valence-corrected chi connectivity index (χ3v) is 5.78. The zero-order valence-corrected chi connectivity index (χ0v) is 17.1. The highest BCUT2D eigenvalue weighted by Gasteiger charge is 2.33. The Bertz CT molecular complexity index is 1190. The van der Waals surface area contributed by atoms with Gasteiger partial charge in [0.15, 0.2) is 4.32 Å². The van der Waals surface area contributed by atoms with Crippen molar-refractivity contribution in [3.8, 4) is 5.69 Å². The molecule has 144 valence electrons. The summed E-state index contributed by atoms with van der Waals surface area (Å²) in [5.41, 5.74) is 1.93. The Labute approximate surface area is 180 Å². The highest BCUT2D eigenvalue weighted by Crippen LogP contribution is 2.37. The number of carbonyl (C=O) groups excluding carboxylic acids is 1. The molecule has 1 aromatic heterocycles. The Balaban J connectivity index is 1.69. The molecule has 0 radical (unpaired) electrons. The van der Waals surface area contributed by atoms with Gasteiger partial charge in [0.1, 0.15) is 0 Å². The van der Waals surface area contributed by atoms with Crippen LogP contribution in [0.4, 0.5) is 11.4 Å². The molecule has 1 fully saturated rings. The highest BCUT2D eigenvalue weighted by atomic mass is 35.5. The van der Waals surface area contributed by atoms with E-state index in [0.29, 0.717) is 31.3 Å². The first kappa shape index (κ1) is 19.4. The maximum absolute atomic E-state index is 13.0. The van der Waals surface area contributed by atoms with E-state index in [4.69, 9.17) is 23.8 Å². The van der Waals surface area contributed by atoms with E-state index in [1.807, 2.05) is 12.1 Å². The summed E-state index contributed by atoms with van der Waals surface area (Å²) in [6.07, 6.45) is 3.51. The number of carbonyl (C=O) groups is 1. The van der Waals surface area contributed by atoms with Crippen molar-refractivity contribution in [2.24, 2.45) is 0 Å². The van der Waals surface area contributed by atoms with Gasteiger partial charge in [0.25, 0.3) is 11.6 Å². The normalized spacial score (nSPS) is 15.3. The van der Waals surface area contributed by atoms with Crippen LogP contribution >= 0.6 is 35.6 Å². The molecule has 0 unspecified atom stereocenters. The molecule has 2 heterocycles. The van der Waals surface area contributed by atoms with Crippen molar-refractivity contribution < 1.29 is 9.72 Å². The van der Waals surface area contributed by atoms with Crippen LogP contribution in [0.5, 0.6) is 0 Å². The maximum Gasteiger partial charge on any atom is 0.271 e. The van der Waals surface area contributed by atoms with Crippen molar-refractivity contribution in [1.82, 2.24) is 4.57 Å². The number of anilines is 1. The molecule has 29 heavy (non-hydrogen) atoms. The molecule has 1 aliphatic heterocycles. The van der Waals surface area contributed by atoms with E-state index in [1.165, 1.54) is 28.8 Å². The summed E-state index contributed by atoms with van der Waals surface area (Å²) in [6.45, 7) is 0.